The molecule has 14 heteroatoms. The summed E-state index contributed by atoms with van der Waals surface area (Å²) in [6.45, 7) is 1.18. The number of hydrogen-bond acceptors (Lipinski definition) is 5. The number of aryl methyl sites for hydroxylation is 1. The molecule has 0 bridgehead atoms. The molecule has 4 rings (SSSR count). The highest BCUT2D eigenvalue weighted by Gasteiger charge is 2.44. The Morgan fingerprint density at radius 2 is 1.84 bits per heavy atom. The summed E-state index contributed by atoms with van der Waals surface area (Å²) in [5.74, 6) is -2.13. The molecule has 1 aliphatic rings. The summed E-state index contributed by atoms with van der Waals surface area (Å²) in [6.07, 6.45) is -9.01. The van der Waals surface area contributed by atoms with Crippen LogP contribution in [0.25, 0.3) is 22.6 Å². The first-order valence-corrected chi connectivity index (χ1v) is 11.2. The van der Waals surface area contributed by atoms with E-state index in [1.807, 2.05) is 0 Å². The Balaban J connectivity index is 1.93. The zero-order chi connectivity index (χ0) is 23.6. The van der Waals surface area contributed by atoms with Gasteiger partial charge < -0.3 is 9.13 Å². The second-order valence-electron chi connectivity index (χ2n) is 7.52. The Kier molecular flexibility index (Phi) is 5.06. The van der Waals surface area contributed by atoms with Crippen LogP contribution < -0.4 is 0 Å². The van der Waals surface area contributed by atoms with E-state index < -0.39 is 40.2 Å². The van der Waals surface area contributed by atoms with Gasteiger partial charge in [0.05, 0.1) is 28.9 Å². The van der Waals surface area contributed by atoms with Gasteiger partial charge in [0, 0.05) is 20.0 Å². The van der Waals surface area contributed by atoms with Crippen molar-refractivity contribution in [3.05, 3.63) is 23.8 Å². The second kappa shape index (κ2) is 7.18. The molecule has 7 nitrogen and oxygen atoms in total. The summed E-state index contributed by atoms with van der Waals surface area (Å²) in [7, 11) is -2.50. The van der Waals surface area contributed by atoms with Crippen LogP contribution in [0.4, 0.5) is 26.3 Å². The summed E-state index contributed by atoms with van der Waals surface area (Å²) in [4.78, 5) is 11.7. The van der Waals surface area contributed by atoms with E-state index in [1.165, 1.54) is 23.1 Å². The summed E-state index contributed by atoms with van der Waals surface area (Å²) in [5, 5.41) is -0.280. The third-order valence-electron chi connectivity index (χ3n) is 5.54. The van der Waals surface area contributed by atoms with E-state index in [1.54, 1.807) is 0 Å². The fourth-order valence-corrected chi connectivity index (χ4v) is 5.05. The van der Waals surface area contributed by atoms with Gasteiger partial charge in [-0.25, -0.2) is 23.4 Å². The van der Waals surface area contributed by atoms with Gasteiger partial charge in [-0.05, 0) is 12.5 Å². The minimum Gasteiger partial charge on any atom is -0.324 e. The van der Waals surface area contributed by atoms with E-state index in [4.69, 9.17) is 0 Å². The minimum absolute atomic E-state index is 0.0539. The summed E-state index contributed by atoms with van der Waals surface area (Å²) in [6, 6.07) is 0.725. The van der Waals surface area contributed by atoms with Crippen molar-refractivity contribution in [2.45, 2.75) is 43.7 Å². The lowest BCUT2D eigenvalue weighted by atomic mass is 9.97. The Labute approximate surface area is 178 Å². The molecule has 174 valence electrons. The van der Waals surface area contributed by atoms with E-state index in [9.17, 15) is 34.8 Å². The SMILES string of the molecule is CCS(=O)(=O)c1c(-c2nc3cc(C(F)(F)F)ncc3n2C)nc2n1CCC(C(F)(F)F)C2. The second-order valence-corrected chi connectivity index (χ2v) is 9.71. The highest BCUT2D eigenvalue weighted by molar-refractivity contribution is 7.91. The molecule has 0 saturated carbocycles. The van der Waals surface area contributed by atoms with Gasteiger partial charge in [0.25, 0.3) is 0 Å². The number of imidazole rings is 2. The number of hydrogen-bond donors (Lipinski definition) is 0. The molecule has 0 N–H and O–H groups in total. The van der Waals surface area contributed by atoms with E-state index in [0.717, 1.165) is 12.3 Å². The van der Waals surface area contributed by atoms with Crippen molar-refractivity contribution in [2.75, 3.05) is 5.75 Å². The van der Waals surface area contributed by atoms with Crippen LogP contribution in [0.3, 0.4) is 0 Å². The molecule has 0 radical (unpaired) electrons. The molecule has 1 unspecified atom stereocenters. The Morgan fingerprint density at radius 3 is 2.44 bits per heavy atom. The molecular formula is C18H17F6N5O2S. The number of aromatic nitrogens is 5. The average molecular weight is 481 g/mol. The monoisotopic (exact) mass is 481 g/mol. The maximum Gasteiger partial charge on any atom is 0.433 e. The lowest BCUT2D eigenvalue weighted by Gasteiger charge is -2.26. The summed E-state index contributed by atoms with van der Waals surface area (Å²) in [5.41, 5.74) is -1.26. The number of nitrogens with zero attached hydrogens (tertiary/aromatic N) is 5. The topological polar surface area (TPSA) is 82.7 Å². The normalized spacial score (nSPS) is 17.7. The van der Waals surface area contributed by atoms with Crippen molar-refractivity contribution in [3.63, 3.8) is 0 Å². The van der Waals surface area contributed by atoms with Gasteiger partial charge in [0.1, 0.15) is 17.2 Å². The predicted molar refractivity (Wildman–Crippen MR) is 100 cm³/mol. The molecule has 0 fully saturated rings. The van der Waals surface area contributed by atoms with E-state index >= 15 is 0 Å². The minimum atomic E-state index is -4.71. The van der Waals surface area contributed by atoms with Crippen molar-refractivity contribution < 1.29 is 34.8 Å². The fourth-order valence-electron chi connectivity index (χ4n) is 3.81. The molecule has 4 heterocycles. The molecular weight excluding hydrogens is 464 g/mol. The van der Waals surface area contributed by atoms with Gasteiger partial charge in [-0.3, -0.25) is 0 Å². The average Bonchev–Trinajstić information content (AvgIpc) is 3.24. The first-order valence-electron chi connectivity index (χ1n) is 9.53. The molecule has 0 amide bonds. The first kappa shape index (κ1) is 22.6. The standard InChI is InChI=1S/C18H17F6N5O2S/c1-3-32(30,31)16-14(27-13-6-9(17(19,20)21)4-5-29(13)16)15-26-10-7-12(18(22,23)24)25-8-11(10)28(15)2/h7-9H,3-6H2,1-2H3. The van der Waals surface area contributed by atoms with Crippen molar-refractivity contribution in [2.24, 2.45) is 13.0 Å². The quantitative estimate of drug-likeness (QED) is 0.532. The van der Waals surface area contributed by atoms with Crippen LogP contribution >= 0.6 is 0 Å². The van der Waals surface area contributed by atoms with Crippen LogP contribution in [-0.4, -0.2) is 44.4 Å². The van der Waals surface area contributed by atoms with Gasteiger partial charge in [0.15, 0.2) is 20.7 Å². The molecule has 0 aliphatic carbocycles. The van der Waals surface area contributed by atoms with Gasteiger partial charge in [0.2, 0.25) is 0 Å². The van der Waals surface area contributed by atoms with Gasteiger partial charge in [-0.1, -0.05) is 6.92 Å². The van der Waals surface area contributed by atoms with E-state index in [-0.39, 0.29) is 52.1 Å². The molecule has 0 aromatic carbocycles. The Bertz CT molecular complexity index is 1310. The predicted octanol–water partition coefficient (Wildman–Crippen LogP) is 3.77. The van der Waals surface area contributed by atoms with Crippen molar-refractivity contribution in [1.82, 2.24) is 24.1 Å². The Hall–Kier alpha value is -2.64. The number of fused-ring (bicyclic) bond motifs is 2. The maximum absolute atomic E-state index is 13.2. The maximum atomic E-state index is 13.2. The number of alkyl halides is 6. The molecule has 3 aromatic heterocycles. The zero-order valence-corrected chi connectivity index (χ0v) is 17.6. The highest BCUT2D eigenvalue weighted by atomic mass is 32.2. The van der Waals surface area contributed by atoms with Crippen LogP contribution in [0, 0.1) is 5.92 Å². The van der Waals surface area contributed by atoms with Crippen molar-refractivity contribution in [1.29, 1.82) is 0 Å². The third kappa shape index (κ3) is 3.63. The lowest BCUT2D eigenvalue weighted by Crippen LogP contribution is -2.32. The lowest BCUT2D eigenvalue weighted by molar-refractivity contribution is -0.179. The first-order chi connectivity index (χ1) is 14.7. The van der Waals surface area contributed by atoms with Crippen LogP contribution in [-0.2, 0) is 36.0 Å². The third-order valence-corrected chi connectivity index (χ3v) is 7.30. The van der Waals surface area contributed by atoms with Gasteiger partial charge in [-0.2, -0.15) is 26.3 Å². The molecule has 0 saturated heterocycles. The summed E-state index contributed by atoms with van der Waals surface area (Å²) < 4.78 is 107. The van der Waals surface area contributed by atoms with Crippen LogP contribution in [0.1, 0.15) is 24.9 Å². The Morgan fingerprint density at radius 1 is 1.16 bits per heavy atom. The van der Waals surface area contributed by atoms with Gasteiger partial charge in [-0.15, -0.1) is 0 Å². The number of pyridine rings is 1. The van der Waals surface area contributed by atoms with Crippen molar-refractivity contribution in [3.8, 4) is 11.5 Å². The summed E-state index contributed by atoms with van der Waals surface area (Å²) >= 11 is 0. The number of halogens is 6. The van der Waals surface area contributed by atoms with Gasteiger partial charge >= 0.3 is 12.4 Å². The van der Waals surface area contributed by atoms with Crippen LogP contribution in [0.15, 0.2) is 17.3 Å². The van der Waals surface area contributed by atoms with Crippen LogP contribution in [0.2, 0.25) is 0 Å². The highest BCUT2D eigenvalue weighted by Crippen LogP contribution is 2.39. The molecule has 3 aromatic rings. The van der Waals surface area contributed by atoms with E-state index in [2.05, 4.69) is 15.0 Å². The van der Waals surface area contributed by atoms with Crippen molar-refractivity contribution >= 4 is 20.9 Å². The molecule has 0 spiro atoms. The molecule has 1 atom stereocenters. The van der Waals surface area contributed by atoms with E-state index in [0.29, 0.717) is 0 Å². The molecule has 1 aliphatic heterocycles. The zero-order valence-electron chi connectivity index (χ0n) is 16.8. The smallest absolute Gasteiger partial charge is 0.324 e. The number of rotatable bonds is 3. The number of sulfone groups is 1. The largest absolute Gasteiger partial charge is 0.433 e. The fraction of sp³-hybridized carbons (Fsp3) is 0.500. The van der Waals surface area contributed by atoms with Crippen LogP contribution in [0.5, 0.6) is 0 Å². The molecule has 32 heavy (non-hydrogen) atoms.